The van der Waals surface area contributed by atoms with Gasteiger partial charge in [-0.2, -0.15) is 24.8 Å². The molecular formula is C22H18F2N8O2. The molecule has 0 N–H and O–H groups in total. The highest BCUT2D eigenvalue weighted by Gasteiger charge is 2.39. The SMILES string of the molecule is Cn1nccc1-c1ncc(F)c(OC2CN(C(=O)N3N=CCC3c3cc(F)cc(C#N)c3)C2)n1. The van der Waals surface area contributed by atoms with Gasteiger partial charge in [-0.1, -0.05) is 0 Å². The number of halogens is 2. The van der Waals surface area contributed by atoms with Crippen LogP contribution in [0.5, 0.6) is 5.88 Å². The predicted octanol–water partition coefficient (Wildman–Crippen LogP) is 2.64. The number of hydrogen-bond acceptors (Lipinski definition) is 7. The van der Waals surface area contributed by atoms with Crippen LogP contribution in [0.4, 0.5) is 13.6 Å². The summed E-state index contributed by atoms with van der Waals surface area (Å²) in [6.45, 7) is 0.406. The zero-order valence-corrected chi connectivity index (χ0v) is 18.0. The monoisotopic (exact) mass is 464 g/mol. The predicted molar refractivity (Wildman–Crippen MR) is 114 cm³/mol. The molecule has 2 amide bonds. The highest BCUT2D eigenvalue weighted by molar-refractivity contribution is 5.79. The second kappa shape index (κ2) is 8.51. The van der Waals surface area contributed by atoms with Gasteiger partial charge < -0.3 is 9.64 Å². The number of benzene rings is 1. The summed E-state index contributed by atoms with van der Waals surface area (Å²) in [5.41, 5.74) is 1.26. The van der Waals surface area contributed by atoms with Crippen molar-refractivity contribution in [3.05, 3.63) is 59.4 Å². The largest absolute Gasteiger partial charge is 0.468 e. The number of urea groups is 1. The van der Waals surface area contributed by atoms with Crippen molar-refractivity contribution in [3.63, 3.8) is 0 Å². The molecule has 0 spiro atoms. The fraction of sp³-hybridized carbons (Fsp3) is 0.273. The van der Waals surface area contributed by atoms with Crippen LogP contribution in [-0.2, 0) is 7.05 Å². The summed E-state index contributed by atoms with van der Waals surface area (Å²) >= 11 is 0. The Morgan fingerprint density at radius 1 is 1.26 bits per heavy atom. The minimum atomic E-state index is -0.709. The lowest BCUT2D eigenvalue weighted by Crippen LogP contribution is -2.59. The first-order chi connectivity index (χ1) is 16.4. The Kier molecular flexibility index (Phi) is 5.37. The maximum absolute atomic E-state index is 14.2. The molecule has 1 aromatic carbocycles. The second-order valence-corrected chi connectivity index (χ2v) is 7.89. The minimum Gasteiger partial charge on any atom is -0.468 e. The molecule has 2 aliphatic rings. The Morgan fingerprint density at radius 3 is 2.82 bits per heavy atom. The van der Waals surface area contributed by atoms with Gasteiger partial charge in [-0.3, -0.25) is 4.68 Å². The van der Waals surface area contributed by atoms with E-state index in [1.54, 1.807) is 36.3 Å². The molecule has 4 heterocycles. The number of ether oxygens (including phenoxy) is 1. The molecule has 12 heteroatoms. The number of rotatable bonds is 4. The minimum absolute atomic E-state index is 0.170. The van der Waals surface area contributed by atoms with Gasteiger partial charge >= 0.3 is 6.03 Å². The quantitative estimate of drug-likeness (QED) is 0.587. The van der Waals surface area contributed by atoms with Gasteiger partial charge in [-0.15, -0.1) is 0 Å². The number of amides is 2. The highest BCUT2D eigenvalue weighted by Crippen LogP contribution is 2.32. The number of nitriles is 1. The van der Waals surface area contributed by atoms with Gasteiger partial charge in [0.05, 0.1) is 37.0 Å². The normalized spacial score (nSPS) is 17.5. The van der Waals surface area contributed by atoms with Crippen molar-refractivity contribution in [2.75, 3.05) is 13.1 Å². The topological polar surface area (TPSA) is 113 Å². The number of hydrogen-bond donors (Lipinski definition) is 0. The van der Waals surface area contributed by atoms with Crippen molar-refractivity contribution in [1.82, 2.24) is 29.7 Å². The number of carbonyl (C=O) groups is 1. The standard InChI is InChI=1S/C22H18F2N8O2/c1-30-19(3-4-27-30)20-26-10-17(24)21(29-20)34-16-11-31(12-16)22(33)32-18(2-5-28-32)14-6-13(9-25)7-15(23)8-14/h3-8,10,16,18H,2,11-12H2,1H3. The number of hydrazone groups is 1. The van der Waals surface area contributed by atoms with E-state index < -0.39 is 23.8 Å². The Hall–Kier alpha value is -4.40. The first-order valence-electron chi connectivity index (χ1n) is 10.4. The van der Waals surface area contributed by atoms with Crippen LogP contribution in [0.3, 0.4) is 0 Å². The van der Waals surface area contributed by atoms with Crippen LogP contribution in [-0.4, -0.2) is 61.1 Å². The van der Waals surface area contributed by atoms with Crippen LogP contribution < -0.4 is 4.74 Å². The molecule has 172 valence electrons. The van der Waals surface area contributed by atoms with Crippen molar-refractivity contribution in [2.45, 2.75) is 18.6 Å². The summed E-state index contributed by atoms with van der Waals surface area (Å²) in [7, 11) is 1.72. The highest BCUT2D eigenvalue weighted by atomic mass is 19.1. The lowest BCUT2D eigenvalue weighted by molar-refractivity contribution is 0.0230. The van der Waals surface area contributed by atoms with Crippen LogP contribution >= 0.6 is 0 Å². The van der Waals surface area contributed by atoms with Crippen molar-refractivity contribution >= 4 is 12.2 Å². The molecule has 5 rings (SSSR count). The van der Waals surface area contributed by atoms with Crippen LogP contribution in [0.2, 0.25) is 0 Å². The van der Waals surface area contributed by atoms with Gasteiger partial charge in [0, 0.05) is 25.9 Å². The van der Waals surface area contributed by atoms with Crippen LogP contribution in [0.25, 0.3) is 11.5 Å². The third-order valence-corrected chi connectivity index (χ3v) is 5.62. The molecular weight excluding hydrogens is 446 g/mol. The van der Waals surface area contributed by atoms with E-state index in [0.29, 0.717) is 17.7 Å². The summed E-state index contributed by atoms with van der Waals surface area (Å²) in [5, 5.41) is 18.5. The summed E-state index contributed by atoms with van der Waals surface area (Å²) in [4.78, 5) is 22.6. The van der Waals surface area contributed by atoms with Gasteiger partial charge in [-0.05, 0) is 29.8 Å². The van der Waals surface area contributed by atoms with Gasteiger partial charge in [-0.25, -0.2) is 19.2 Å². The van der Waals surface area contributed by atoms with Gasteiger partial charge in [0.2, 0.25) is 5.82 Å². The molecule has 3 aromatic rings. The number of likely N-dealkylation sites (tertiary alicyclic amines) is 1. The molecule has 2 aliphatic heterocycles. The summed E-state index contributed by atoms with van der Waals surface area (Å²) in [5.74, 6) is -1.20. The molecule has 34 heavy (non-hydrogen) atoms. The summed E-state index contributed by atoms with van der Waals surface area (Å²) in [6, 6.07) is 6.68. The molecule has 0 saturated carbocycles. The lowest BCUT2D eigenvalue weighted by Gasteiger charge is -2.40. The molecule has 1 atom stereocenters. The van der Waals surface area contributed by atoms with E-state index in [4.69, 9.17) is 10.00 Å². The molecule has 10 nitrogen and oxygen atoms in total. The average Bonchev–Trinajstić information content (AvgIpc) is 3.45. The van der Waals surface area contributed by atoms with Crippen LogP contribution in [0.15, 0.2) is 41.8 Å². The second-order valence-electron chi connectivity index (χ2n) is 7.89. The number of aryl methyl sites for hydroxylation is 1. The number of aromatic nitrogens is 4. The van der Waals surface area contributed by atoms with E-state index in [1.807, 2.05) is 6.07 Å². The van der Waals surface area contributed by atoms with Crippen molar-refractivity contribution in [3.8, 4) is 23.5 Å². The molecule has 1 unspecified atom stereocenters. The summed E-state index contributed by atoms with van der Waals surface area (Å²) in [6.07, 6.45) is 4.12. The Morgan fingerprint density at radius 2 is 2.09 bits per heavy atom. The zero-order valence-electron chi connectivity index (χ0n) is 18.0. The molecule has 1 fully saturated rings. The smallest absolute Gasteiger partial charge is 0.341 e. The van der Waals surface area contributed by atoms with Crippen LogP contribution in [0, 0.1) is 23.0 Å². The van der Waals surface area contributed by atoms with E-state index in [9.17, 15) is 13.6 Å². The number of carbonyl (C=O) groups excluding carboxylic acids is 1. The van der Waals surface area contributed by atoms with E-state index in [0.717, 1.165) is 12.3 Å². The maximum Gasteiger partial charge on any atom is 0.341 e. The lowest BCUT2D eigenvalue weighted by atomic mass is 10.0. The Bertz CT molecular complexity index is 1330. The van der Waals surface area contributed by atoms with Gasteiger partial charge in [0.1, 0.15) is 17.6 Å². The molecule has 0 radical (unpaired) electrons. The number of nitrogens with zero attached hydrogens (tertiary/aromatic N) is 8. The molecule has 0 aliphatic carbocycles. The van der Waals surface area contributed by atoms with Crippen molar-refractivity contribution in [1.29, 1.82) is 5.26 Å². The van der Waals surface area contributed by atoms with E-state index in [2.05, 4.69) is 20.2 Å². The zero-order chi connectivity index (χ0) is 23.8. The third-order valence-electron chi connectivity index (χ3n) is 5.62. The molecule has 1 saturated heterocycles. The maximum atomic E-state index is 14.2. The fourth-order valence-electron chi connectivity index (χ4n) is 3.87. The van der Waals surface area contributed by atoms with Crippen molar-refractivity contribution < 1.29 is 18.3 Å². The van der Waals surface area contributed by atoms with Crippen LogP contribution in [0.1, 0.15) is 23.6 Å². The third kappa shape index (κ3) is 3.92. The average molecular weight is 464 g/mol. The van der Waals surface area contributed by atoms with Gasteiger partial charge in [0.15, 0.2) is 5.82 Å². The van der Waals surface area contributed by atoms with Crippen molar-refractivity contribution in [2.24, 2.45) is 12.1 Å². The fourth-order valence-corrected chi connectivity index (χ4v) is 3.87. The Balaban J connectivity index is 1.25. The molecule has 2 aromatic heterocycles. The molecule has 0 bridgehead atoms. The van der Waals surface area contributed by atoms with Gasteiger partial charge in [0.25, 0.3) is 5.88 Å². The van der Waals surface area contributed by atoms with E-state index in [-0.39, 0.29) is 36.4 Å². The van der Waals surface area contributed by atoms with E-state index >= 15 is 0 Å². The summed E-state index contributed by atoms with van der Waals surface area (Å²) < 4.78 is 35.4. The first kappa shape index (κ1) is 21.4. The first-order valence-corrected chi connectivity index (χ1v) is 10.4. The van der Waals surface area contributed by atoms with E-state index in [1.165, 1.54) is 16.0 Å². The Labute approximate surface area is 192 Å².